The lowest BCUT2D eigenvalue weighted by Gasteiger charge is -2.08. The van der Waals surface area contributed by atoms with E-state index in [4.69, 9.17) is 0 Å². The van der Waals surface area contributed by atoms with Gasteiger partial charge < -0.3 is 10.4 Å². The highest BCUT2D eigenvalue weighted by molar-refractivity contribution is 5.90. The SMILES string of the molecule is O=C(Cn1cnc(-c2ccccc2)cc1=O)Nc1ccc(O)cc1. The standard InChI is InChI=1S/C18H15N3O3/c22-15-8-6-14(7-9-15)20-17(23)11-21-12-19-16(10-18(21)24)13-4-2-1-3-5-13/h1-10,12,22H,11H2,(H,20,23). The predicted molar refractivity (Wildman–Crippen MR) is 90.7 cm³/mol. The summed E-state index contributed by atoms with van der Waals surface area (Å²) in [6.07, 6.45) is 1.36. The van der Waals surface area contributed by atoms with E-state index in [0.29, 0.717) is 11.4 Å². The molecule has 6 heteroatoms. The highest BCUT2D eigenvalue weighted by Gasteiger charge is 2.07. The van der Waals surface area contributed by atoms with Gasteiger partial charge in [0.15, 0.2) is 0 Å². The van der Waals surface area contributed by atoms with Crippen molar-refractivity contribution in [2.45, 2.75) is 6.54 Å². The van der Waals surface area contributed by atoms with Crippen molar-refractivity contribution in [2.75, 3.05) is 5.32 Å². The van der Waals surface area contributed by atoms with E-state index in [1.54, 1.807) is 12.1 Å². The van der Waals surface area contributed by atoms with Crippen LogP contribution in [-0.2, 0) is 11.3 Å². The average Bonchev–Trinajstić information content (AvgIpc) is 2.59. The minimum atomic E-state index is -0.350. The summed E-state index contributed by atoms with van der Waals surface area (Å²) in [6, 6.07) is 16.9. The Hall–Kier alpha value is -3.41. The molecule has 0 bridgehead atoms. The zero-order valence-corrected chi connectivity index (χ0v) is 12.7. The highest BCUT2D eigenvalue weighted by atomic mass is 16.3. The number of rotatable bonds is 4. The Labute approximate surface area is 138 Å². The van der Waals surface area contributed by atoms with Gasteiger partial charge in [-0.05, 0) is 24.3 Å². The van der Waals surface area contributed by atoms with E-state index in [1.807, 2.05) is 30.3 Å². The first-order valence-corrected chi connectivity index (χ1v) is 7.32. The summed E-state index contributed by atoms with van der Waals surface area (Å²) in [5.41, 5.74) is 1.65. The second-order valence-corrected chi connectivity index (χ2v) is 5.20. The summed E-state index contributed by atoms with van der Waals surface area (Å²) in [6.45, 7) is -0.137. The summed E-state index contributed by atoms with van der Waals surface area (Å²) in [4.78, 5) is 28.4. The van der Waals surface area contributed by atoms with Gasteiger partial charge in [-0.25, -0.2) is 4.98 Å². The Morgan fingerprint density at radius 3 is 2.46 bits per heavy atom. The van der Waals surface area contributed by atoms with E-state index in [1.165, 1.54) is 29.1 Å². The molecule has 2 N–H and O–H groups in total. The van der Waals surface area contributed by atoms with Crippen LogP contribution in [0.15, 0.2) is 71.8 Å². The number of amides is 1. The van der Waals surface area contributed by atoms with E-state index in [9.17, 15) is 14.7 Å². The van der Waals surface area contributed by atoms with Crippen molar-refractivity contribution < 1.29 is 9.90 Å². The number of phenolic OH excluding ortho intramolecular Hbond substituents is 1. The first kappa shape index (κ1) is 15.5. The zero-order chi connectivity index (χ0) is 16.9. The van der Waals surface area contributed by atoms with Crippen molar-refractivity contribution in [3.05, 3.63) is 77.3 Å². The Morgan fingerprint density at radius 2 is 1.79 bits per heavy atom. The van der Waals surface area contributed by atoms with Gasteiger partial charge in [0.2, 0.25) is 5.91 Å². The highest BCUT2D eigenvalue weighted by Crippen LogP contribution is 2.14. The molecule has 0 aliphatic rings. The number of nitrogens with zero attached hydrogens (tertiary/aromatic N) is 2. The van der Waals surface area contributed by atoms with E-state index in [2.05, 4.69) is 10.3 Å². The van der Waals surface area contributed by atoms with Crippen molar-refractivity contribution in [1.29, 1.82) is 0 Å². The molecular formula is C18H15N3O3. The van der Waals surface area contributed by atoms with Crippen molar-refractivity contribution in [3.63, 3.8) is 0 Å². The second-order valence-electron chi connectivity index (χ2n) is 5.20. The van der Waals surface area contributed by atoms with Gasteiger partial charge in [-0.1, -0.05) is 30.3 Å². The number of aromatic hydroxyl groups is 1. The minimum absolute atomic E-state index is 0.116. The number of carbonyl (C=O) groups excluding carboxylic acids is 1. The van der Waals surface area contributed by atoms with Crippen LogP contribution in [0.5, 0.6) is 5.75 Å². The zero-order valence-electron chi connectivity index (χ0n) is 12.7. The molecule has 1 amide bonds. The maximum Gasteiger partial charge on any atom is 0.254 e. The van der Waals surface area contributed by atoms with Gasteiger partial charge in [-0.3, -0.25) is 14.2 Å². The summed E-state index contributed by atoms with van der Waals surface area (Å²) in [5.74, 6) is -0.234. The number of benzene rings is 2. The largest absolute Gasteiger partial charge is 0.508 e. The molecule has 3 aromatic rings. The van der Waals surface area contributed by atoms with Gasteiger partial charge in [0.1, 0.15) is 12.3 Å². The van der Waals surface area contributed by atoms with Gasteiger partial charge in [-0.15, -0.1) is 0 Å². The van der Waals surface area contributed by atoms with Crippen LogP contribution in [0.25, 0.3) is 11.3 Å². The number of hydrogen-bond donors (Lipinski definition) is 2. The summed E-state index contributed by atoms with van der Waals surface area (Å²) in [5, 5.41) is 11.9. The maximum atomic E-state index is 12.2. The van der Waals surface area contributed by atoms with Crippen LogP contribution in [0, 0.1) is 0 Å². The van der Waals surface area contributed by atoms with Crippen LogP contribution in [0.4, 0.5) is 5.69 Å². The Bertz CT molecular complexity index is 903. The van der Waals surface area contributed by atoms with Crippen LogP contribution < -0.4 is 10.9 Å². The van der Waals surface area contributed by atoms with Gasteiger partial charge in [0, 0.05) is 17.3 Å². The van der Waals surface area contributed by atoms with Gasteiger partial charge >= 0.3 is 0 Å². The molecule has 0 fully saturated rings. The molecule has 0 radical (unpaired) electrons. The number of aromatic nitrogens is 2. The van der Waals surface area contributed by atoms with Crippen molar-refractivity contribution in [3.8, 4) is 17.0 Å². The van der Waals surface area contributed by atoms with Crippen LogP contribution in [0.1, 0.15) is 0 Å². The Balaban J connectivity index is 1.72. The monoisotopic (exact) mass is 321 g/mol. The molecule has 1 aromatic heterocycles. The number of hydrogen-bond acceptors (Lipinski definition) is 4. The molecular weight excluding hydrogens is 306 g/mol. The lowest BCUT2D eigenvalue weighted by molar-refractivity contribution is -0.116. The predicted octanol–water partition coefficient (Wildman–Crippen LogP) is 2.25. The normalized spacial score (nSPS) is 10.3. The molecule has 3 rings (SSSR count). The number of phenols is 1. The van der Waals surface area contributed by atoms with Crippen LogP contribution in [0.3, 0.4) is 0 Å². The third-order valence-electron chi connectivity index (χ3n) is 3.41. The van der Waals surface area contributed by atoms with Crippen molar-refractivity contribution in [2.24, 2.45) is 0 Å². The second kappa shape index (κ2) is 6.78. The summed E-state index contributed by atoms with van der Waals surface area (Å²) >= 11 is 0. The molecule has 0 unspecified atom stereocenters. The van der Waals surface area contributed by atoms with Crippen LogP contribution in [-0.4, -0.2) is 20.6 Å². The third kappa shape index (κ3) is 3.67. The van der Waals surface area contributed by atoms with Gasteiger partial charge in [0.25, 0.3) is 5.56 Å². The smallest absolute Gasteiger partial charge is 0.254 e. The van der Waals surface area contributed by atoms with Crippen LogP contribution >= 0.6 is 0 Å². The lowest BCUT2D eigenvalue weighted by Crippen LogP contribution is -2.27. The fraction of sp³-hybridized carbons (Fsp3) is 0.0556. The van der Waals surface area contributed by atoms with E-state index in [-0.39, 0.29) is 23.8 Å². The topological polar surface area (TPSA) is 84.2 Å². The molecule has 0 aliphatic heterocycles. The summed E-state index contributed by atoms with van der Waals surface area (Å²) in [7, 11) is 0. The van der Waals surface area contributed by atoms with E-state index < -0.39 is 0 Å². The molecule has 0 saturated heterocycles. The Kier molecular flexibility index (Phi) is 4.38. The van der Waals surface area contributed by atoms with Crippen LogP contribution in [0.2, 0.25) is 0 Å². The van der Waals surface area contributed by atoms with E-state index >= 15 is 0 Å². The van der Waals surface area contributed by atoms with Gasteiger partial charge in [-0.2, -0.15) is 0 Å². The number of carbonyl (C=O) groups is 1. The van der Waals surface area contributed by atoms with Crippen molar-refractivity contribution >= 4 is 11.6 Å². The third-order valence-corrected chi connectivity index (χ3v) is 3.41. The van der Waals surface area contributed by atoms with Gasteiger partial charge in [0.05, 0.1) is 12.0 Å². The average molecular weight is 321 g/mol. The molecule has 6 nitrogen and oxygen atoms in total. The summed E-state index contributed by atoms with van der Waals surface area (Å²) < 4.78 is 1.24. The van der Waals surface area contributed by atoms with E-state index in [0.717, 1.165) is 5.56 Å². The minimum Gasteiger partial charge on any atom is -0.508 e. The molecule has 120 valence electrons. The lowest BCUT2D eigenvalue weighted by atomic mass is 10.1. The maximum absolute atomic E-state index is 12.2. The Morgan fingerprint density at radius 1 is 1.08 bits per heavy atom. The fourth-order valence-electron chi connectivity index (χ4n) is 2.21. The number of anilines is 1. The molecule has 0 atom stereocenters. The fourth-order valence-corrected chi connectivity index (χ4v) is 2.21. The quantitative estimate of drug-likeness (QED) is 0.722. The first-order valence-electron chi connectivity index (χ1n) is 7.32. The molecule has 2 aromatic carbocycles. The molecule has 0 aliphatic carbocycles. The molecule has 24 heavy (non-hydrogen) atoms. The molecule has 0 saturated carbocycles. The molecule has 1 heterocycles. The molecule has 0 spiro atoms. The first-order chi connectivity index (χ1) is 11.6. The van der Waals surface area contributed by atoms with Crippen molar-refractivity contribution in [1.82, 2.24) is 9.55 Å². The number of nitrogens with one attached hydrogen (secondary N) is 1.